The predicted octanol–water partition coefficient (Wildman–Crippen LogP) is 2.71. The third-order valence-corrected chi connectivity index (χ3v) is 2.97. The van der Waals surface area contributed by atoms with Crippen LogP contribution in [0.2, 0.25) is 0 Å². The van der Waals surface area contributed by atoms with Crippen molar-refractivity contribution in [1.82, 2.24) is 15.3 Å². The summed E-state index contributed by atoms with van der Waals surface area (Å²) in [5, 5.41) is 2.89. The molecular formula is C15H19N3O. The molecule has 2 aromatic rings. The van der Waals surface area contributed by atoms with E-state index in [9.17, 15) is 4.79 Å². The summed E-state index contributed by atoms with van der Waals surface area (Å²) >= 11 is 0. The Morgan fingerprint density at radius 1 is 1.21 bits per heavy atom. The minimum Gasteiger partial charge on any atom is -0.351 e. The predicted molar refractivity (Wildman–Crippen MR) is 76.1 cm³/mol. The summed E-state index contributed by atoms with van der Waals surface area (Å²) in [4.78, 5) is 20.9. The van der Waals surface area contributed by atoms with Gasteiger partial charge in [0.1, 0.15) is 5.69 Å². The molecule has 19 heavy (non-hydrogen) atoms. The van der Waals surface area contributed by atoms with Crippen molar-refractivity contribution in [3.05, 3.63) is 35.7 Å². The van der Waals surface area contributed by atoms with E-state index >= 15 is 0 Å². The van der Waals surface area contributed by atoms with Crippen LogP contribution in [0.4, 0.5) is 0 Å². The van der Waals surface area contributed by atoms with Gasteiger partial charge in [-0.3, -0.25) is 4.79 Å². The molecule has 1 amide bonds. The number of nitrogens with one attached hydrogen (secondary N) is 1. The molecule has 0 aliphatic rings. The highest BCUT2D eigenvalue weighted by molar-refractivity contribution is 5.95. The van der Waals surface area contributed by atoms with Crippen LogP contribution in [0.25, 0.3) is 11.0 Å². The molecule has 0 fully saturated rings. The maximum atomic E-state index is 12.1. The van der Waals surface area contributed by atoms with Gasteiger partial charge >= 0.3 is 0 Å². The fourth-order valence-corrected chi connectivity index (χ4v) is 1.86. The van der Waals surface area contributed by atoms with Crippen LogP contribution in [0.1, 0.15) is 36.5 Å². The molecule has 0 saturated heterocycles. The van der Waals surface area contributed by atoms with Gasteiger partial charge in [0.25, 0.3) is 5.91 Å². The molecule has 0 saturated carbocycles. The van der Waals surface area contributed by atoms with E-state index < -0.39 is 0 Å². The molecule has 2 rings (SSSR count). The van der Waals surface area contributed by atoms with Gasteiger partial charge in [-0.2, -0.15) is 0 Å². The van der Waals surface area contributed by atoms with E-state index in [1.54, 1.807) is 0 Å². The molecule has 1 N–H and O–H groups in total. The van der Waals surface area contributed by atoms with Gasteiger partial charge in [-0.15, -0.1) is 0 Å². The highest BCUT2D eigenvalue weighted by atomic mass is 16.1. The van der Waals surface area contributed by atoms with E-state index in [1.165, 1.54) is 0 Å². The topological polar surface area (TPSA) is 54.9 Å². The average molecular weight is 257 g/mol. The Morgan fingerprint density at radius 3 is 2.47 bits per heavy atom. The van der Waals surface area contributed by atoms with Gasteiger partial charge in [0.2, 0.25) is 0 Å². The van der Waals surface area contributed by atoms with Crippen LogP contribution in [-0.4, -0.2) is 22.4 Å². The zero-order chi connectivity index (χ0) is 13.8. The molecule has 0 spiro atoms. The number of aryl methyl sites for hydroxylation is 1. The first kappa shape index (κ1) is 13.5. The molecular weight excluding hydrogens is 238 g/mol. The van der Waals surface area contributed by atoms with Gasteiger partial charge in [0.05, 0.1) is 16.7 Å². The number of aromatic nitrogens is 2. The standard InChI is InChI=1S/C15H19N3O/c1-10(2)8-9-16-15(19)14-11(3)17-12-6-4-5-7-13(12)18-14/h4-7,10H,8-9H2,1-3H3,(H,16,19). The van der Waals surface area contributed by atoms with E-state index in [-0.39, 0.29) is 5.91 Å². The lowest BCUT2D eigenvalue weighted by Gasteiger charge is -2.09. The van der Waals surface area contributed by atoms with E-state index in [0.29, 0.717) is 23.9 Å². The molecule has 0 aliphatic carbocycles. The summed E-state index contributed by atoms with van der Waals surface area (Å²) in [5.74, 6) is 0.431. The van der Waals surface area contributed by atoms with E-state index in [4.69, 9.17) is 0 Å². The minimum absolute atomic E-state index is 0.142. The Labute approximate surface area is 113 Å². The van der Waals surface area contributed by atoms with Crippen LogP contribution in [-0.2, 0) is 0 Å². The first-order chi connectivity index (χ1) is 9.08. The zero-order valence-electron chi connectivity index (χ0n) is 11.6. The quantitative estimate of drug-likeness (QED) is 0.916. The van der Waals surface area contributed by atoms with Crippen molar-refractivity contribution in [3.63, 3.8) is 0 Å². The van der Waals surface area contributed by atoms with Crippen LogP contribution in [0, 0.1) is 12.8 Å². The van der Waals surface area contributed by atoms with Crippen molar-refractivity contribution >= 4 is 16.9 Å². The Morgan fingerprint density at radius 2 is 1.84 bits per heavy atom. The van der Waals surface area contributed by atoms with Gasteiger partial charge < -0.3 is 5.32 Å². The molecule has 0 atom stereocenters. The number of carbonyl (C=O) groups excluding carboxylic acids is 1. The van der Waals surface area contributed by atoms with E-state index in [0.717, 1.165) is 17.5 Å². The summed E-state index contributed by atoms with van der Waals surface area (Å²) in [7, 11) is 0. The molecule has 1 heterocycles. The second kappa shape index (κ2) is 5.78. The summed E-state index contributed by atoms with van der Waals surface area (Å²) in [5.41, 5.74) is 2.66. The van der Waals surface area contributed by atoms with Crippen molar-refractivity contribution in [2.45, 2.75) is 27.2 Å². The summed E-state index contributed by atoms with van der Waals surface area (Å²) in [6.07, 6.45) is 0.964. The Bertz CT molecular complexity index is 593. The average Bonchev–Trinajstić information content (AvgIpc) is 2.37. The first-order valence-electron chi connectivity index (χ1n) is 6.59. The highest BCUT2D eigenvalue weighted by Crippen LogP contribution is 2.12. The number of fused-ring (bicyclic) bond motifs is 1. The third kappa shape index (κ3) is 3.28. The van der Waals surface area contributed by atoms with Crippen molar-refractivity contribution in [3.8, 4) is 0 Å². The molecule has 0 aliphatic heterocycles. The van der Waals surface area contributed by atoms with E-state index in [1.807, 2.05) is 31.2 Å². The number of carbonyl (C=O) groups is 1. The Balaban J connectivity index is 2.19. The summed E-state index contributed by atoms with van der Waals surface area (Å²) in [6.45, 7) is 6.75. The molecule has 0 radical (unpaired) electrons. The highest BCUT2D eigenvalue weighted by Gasteiger charge is 2.12. The van der Waals surface area contributed by atoms with Crippen LogP contribution >= 0.6 is 0 Å². The van der Waals surface area contributed by atoms with Gasteiger partial charge in [-0.05, 0) is 31.4 Å². The number of amides is 1. The number of para-hydroxylation sites is 2. The van der Waals surface area contributed by atoms with Crippen LogP contribution in [0.15, 0.2) is 24.3 Å². The van der Waals surface area contributed by atoms with Gasteiger partial charge in [0.15, 0.2) is 0 Å². The Kier molecular flexibility index (Phi) is 4.10. The summed E-state index contributed by atoms with van der Waals surface area (Å²) in [6, 6.07) is 7.58. The van der Waals surface area contributed by atoms with Crippen molar-refractivity contribution in [2.24, 2.45) is 5.92 Å². The molecule has 1 aromatic carbocycles. The lowest BCUT2D eigenvalue weighted by atomic mass is 10.1. The van der Waals surface area contributed by atoms with E-state index in [2.05, 4.69) is 29.1 Å². The van der Waals surface area contributed by atoms with Gasteiger partial charge in [0, 0.05) is 6.54 Å². The fourth-order valence-electron chi connectivity index (χ4n) is 1.86. The number of benzene rings is 1. The van der Waals surface area contributed by atoms with Crippen LogP contribution < -0.4 is 5.32 Å². The molecule has 1 aromatic heterocycles. The fraction of sp³-hybridized carbons (Fsp3) is 0.400. The molecule has 4 nitrogen and oxygen atoms in total. The Hall–Kier alpha value is -1.97. The zero-order valence-corrected chi connectivity index (χ0v) is 11.6. The maximum absolute atomic E-state index is 12.1. The largest absolute Gasteiger partial charge is 0.351 e. The van der Waals surface area contributed by atoms with Crippen LogP contribution in [0.5, 0.6) is 0 Å². The molecule has 0 unspecified atom stereocenters. The normalized spacial score (nSPS) is 10.9. The van der Waals surface area contributed by atoms with Crippen molar-refractivity contribution in [2.75, 3.05) is 6.54 Å². The molecule has 0 bridgehead atoms. The van der Waals surface area contributed by atoms with Crippen molar-refractivity contribution in [1.29, 1.82) is 0 Å². The second-order valence-corrected chi connectivity index (χ2v) is 5.08. The van der Waals surface area contributed by atoms with Gasteiger partial charge in [-0.25, -0.2) is 9.97 Å². The van der Waals surface area contributed by atoms with Crippen molar-refractivity contribution < 1.29 is 4.79 Å². The summed E-state index contributed by atoms with van der Waals surface area (Å²) < 4.78 is 0. The first-order valence-corrected chi connectivity index (χ1v) is 6.59. The minimum atomic E-state index is -0.142. The maximum Gasteiger partial charge on any atom is 0.271 e. The smallest absolute Gasteiger partial charge is 0.271 e. The number of rotatable bonds is 4. The molecule has 100 valence electrons. The molecule has 4 heteroatoms. The lowest BCUT2D eigenvalue weighted by Crippen LogP contribution is -2.27. The number of hydrogen-bond donors (Lipinski definition) is 1. The number of hydrogen-bond acceptors (Lipinski definition) is 3. The van der Waals surface area contributed by atoms with Crippen LogP contribution in [0.3, 0.4) is 0 Å². The third-order valence-electron chi connectivity index (χ3n) is 2.97. The second-order valence-electron chi connectivity index (χ2n) is 5.08. The monoisotopic (exact) mass is 257 g/mol. The number of nitrogens with zero attached hydrogens (tertiary/aromatic N) is 2. The SMILES string of the molecule is Cc1nc2ccccc2nc1C(=O)NCCC(C)C. The lowest BCUT2D eigenvalue weighted by molar-refractivity contribution is 0.0946. The van der Waals surface area contributed by atoms with Gasteiger partial charge in [-0.1, -0.05) is 26.0 Å².